The van der Waals surface area contributed by atoms with E-state index in [2.05, 4.69) is 34.4 Å². The number of hydrogen-bond acceptors (Lipinski definition) is 7. The molecule has 9 heteroatoms. The molecule has 2 aromatic rings. The van der Waals surface area contributed by atoms with E-state index in [0.29, 0.717) is 56.2 Å². The molecule has 0 aliphatic carbocycles. The van der Waals surface area contributed by atoms with Crippen LogP contribution in [-0.4, -0.2) is 76.9 Å². The first kappa shape index (κ1) is 26.6. The molecule has 3 aliphatic heterocycles. The fourth-order valence-electron chi connectivity index (χ4n) is 5.59. The van der Waals surface area contributed by atoms with Gasteiger partial charge in [0.2, 0.25) is 5.91 Å². The summed E-state index contributed by atoms with van der Waals surface area (Å²) in [6.07, 6.45) is 2.99. The zero-order valence-corrected chi connectivity index (χ0v) is 22.1. The smallest absolute Gasteiger partial charge is 0.255 e. The average molecular weight is 523 g/mol. The number of benzene rings is 1. The van der Waals surface area contributed by atoms with Gasteiger partial charge in [0.15, 0.2) is 0 Å². The van der Waals surface area contributed by atoms with E-state index in [1.807, 2.05) is 36.4 Å². The molecule has 1 aromatic carbocycles. The summed E-state index contributed by atoms with van der Waals surface area (Å²) in [6.45, 7) is 5.86. The van der Waals surface area contributed by atoms with Gasteiger partial charge in [0.1, 0.15) is 11.9 Å². The number of carbonyl (C=O) groups excluding carboxylic acids is 2. The largest absolute Gasteiger partial charge is 0.493 e. The van der Waals surface area contributed by atoms with Crippen LogP contribution < -0.4 is 15.4 Å². The summed E-state index contributed by atoms with van der Waals surface area (Å²) in [7, 11) is 0. The van der Waals surface area contributed by atoms with Crippen LogP contribution >= 0.6 is 0 Å². The van der Waals surface area contributed by atoms with Crippen molar-refractivity contribution in [2.75, 3.05) is 19.7 Å². The molecule has 38 heavy (non-hydrogen) atoms. The first-order chi connectivity index (χ1) is 18.4. The van der Waals surface area contributed by atoms with Gasteiger partial charge in [0.05, 0.1) is 36.1 Å². The number of nitrogens with one attached hydrogen (secondary N) is 2. The number of aliphatic hydroxyl groups is 1. The molecule has 0 saturated carbocycles. The molecule has 0 radical (unpaired) electrons. The number of nitrogens with zero attached hydrogens (tertiary/aromatic N) is 2. The lowest BCUT2D eigenvalue weighted by Crippen LogP contribution is -2.50. The first-order valence-electron chi connectivity index (χ1n) is 13.7. The van der Waals surface area contributed by atoms with Gasteiger partial charge in [0, 0.05) is 38.3 Å². The van der Waals surface area contributed by atoms with Crippen LogP contribution in [0.15, 0.2) is 42.6 Å². The third-order valence-corrected chi connectivity index (χ3v) is 7.81. The van der Waals surface area contributed by atoms with E-state index >= 15 is 0 Å². The number of hydrogen-bond donors (Lipinski definition) is 3. The monoisotopic (exact) mass is 522 g/mol. The third kappa shape index (κ3) is 6.17. The van der Waals surface area contributed by atoms with E-state index in [9.17, 15) is 14.7 Å². The normalized spacial score (nSPS) is 28.8. The maximum atomic E-state index is 13.4. The highest BCUT2D eigenvalue weighted by molar-refractivity contribution is 5.97. The van der Waals surface area contributed by atoms with Crippen molar-refractivity contribution >= 4 is 11.8 Å². The molecule has 4 bridgehead atoms. The highest BCUT2D eigenvalue weighted by Crippen LogP contribution is 2.28. The van der Waals surface area contributed by atoms with Crippen LogP contribution in [0.1, 0.15) is 67.1 Å². The molecular formula is C29H38N4O5. The molecule has 5 rings (SSSR count). The summed E-state index contributed by atoms with van der Waals surface area (Å²) in [5.41, 5.74) is 2.45. The molecule has 3 aliphatic rings. The minimum Gasteiger partial charge on any atom is -0.493 e. The van der Waals surface area contributed by atoms with Crippen LogP contribution in [0.25, 0.3) is 0 Å². The molecule has 5 atom stereocenters. The van der Waals surface area contributed by atoms with Crippen LogP contribution in [0.5, 0.6) is 5.75 Å². The second-order valence-corrected chi connectivity index (χ2v) is 10.9. The number of rotatable bonds is 3. The lowest BCUT2D eigenvalue weighted by molar-refractivity contribution is -0.133. The van der Waals surface area contributed by atoms with E-state index in [0.717, 1.165) is 17.7 Å². The number of pyridine rings is 1. The summed E-state index contributed by atoms with van der Waals surface area (Å²) in [4.78, 5) is 33.3. The van der Waals surface area contributed by atoms with Crippen LogP contribution in [0.2, 0.25) is 0 Å². The van der Waals surface area contributed by atoms with Crippen molar-refractivity contribution in [1.29, 1.82) is 0 Å². The fraction of sp³-hybridized carbons (Fsp3) is 0.552. The minimum atomic E-state index is -0.624. The third-order valence-electron chi connectivity index (χ3n) is 7.81. The predicted octanol–water partition coefficient (Wildman–Crippen LogP) is 2.39. The Morgan fingerprint density at radius 3 is 2.82 bits per heavy atom. The van der Waals surface area contributed by atoms with Gasteiger partial charge in [-0.15, -0.1) is 0 Å². The molecule has 204 valence electrons. The lowest BCUT2D eigenvalue weighted by atomic mass is 9.99. The van der Waals surface area contributed by atoms with Crippen molar-refractivity contribution in [2.45, 2.75) is 82.4 Å². The first-order valence-corrected chi connectivity index (χ1v) is 13.7. The van der Waals surface area contributed by atoms with Gasteiger partial charge in [-0.1, -0.05) is 26.0 Å². The fourth-order valence-corrected chi connectivity index (χ4v) is 5.59. The Morgan fingerprint density at radius 2 is 2.03 bits per heavy atom. The zero-order valence-electron chi connectivity index (χ0n) is 22.1. The number of aromatic nitrogens is 1. The molecule has 2 saturated heterocycles. The van der Waals surface area contributed by atoms with Crippen molar-refractivity contribution in [3.05, 3.63) is 59.4 Å². The highest BCUT2D eigenvalue weighted by atomic mass is 16.5. The van der Waals surface area contributed by atoms with Crippen molar-refractivity contribution < 1.29 is 24.2 Å². The maximum absolute atomic E-state index is 13.4. The minimum absolute atomic E-state index is 0.0877. The average Bonchev–Trinajstić information content (AvgIpc) is 3.30. The van der Waals surface area contributed by atoms with Gasteiger partial charge in [-0.05, 0) is 55.0 Å². The van der Waals surface area contributed by atoms with Crippen LogP contribution in [0, 0.1) is 0 Å². The summed E-state index contributed by atoms with van der Waals surface area (Å²) in [5, 5.41) is 16.7. The Labute approximate surface area is 223 Å². The molecular weight excluding hydrogens is 484 g/mol. The molecule has 2 amide bonds. The number of ether oxygens (including phenoxy) is 2. The Hall–Kier alpha value is -3.01. The Balaban J connectivity index is 1.42. The van der Waals surface area contributed by atoms with Gasteiger partial charge in [-0.2, -0.15) is 0 Å². The van der Waals surface area contributed by atoms with Crippen molar-refractivity contribution in [1.82, 2.24) is 20.5 Å². The predicted molar refractivity (Wildman–Crippen MR) is 142 cm³/mol. The topological polar surface area (TPSA) is 113 Å². The molecule has 1 aromatic heterocycles. The second kappa shape index (κ2) is 11.8. The van der Waals surface area contributed by atoms with Gasteiger partial charge in [-0.25, -0.2) is 0 Å². The lowest BCUT2D eigenvalue weighted by Gasteiger charge is -2.34. The summed E-state index contributed by atoms with van der Waals surface area (Å²) in [5.74, 6) is 0.521. The number of amides is 2. The van der Waals surface area contributed by atoms with Crippen molar-refractivity contribution in [3.63, 3.8) is 0 Å². The van der Waals surface area contributed by atoms with Crippen molar-refractivity contribution in [2.24, 2.45) is 0 Å². The van der Waals surface area contributed by atoms with Crippen molar-refractivity contribution in [3.8, 4) is 5.75 Å². The van der Waals surface area contributed by atoms with Crippen LogP contribution in [0.4, 0.5) is 0 Å². The Bertz CT molecular complexity index is 1130. The van der Waals surface area contributed by atoms with E-state index in [1.165, 1.54) is 0 Å². The summed E-state index contributed by atoms with van der Waals surface area (Å²) >= 11 is 0. The van der Waals surface area contributed by atoms with Crippen LogP contribution in [-0.2, 0) is 16.1 Å². The quantitative estimate of drug-likeness (QED) is 0.567. The maximum Gasteiger partial charge on any atom is 0.255 e. The molecule has 0 spiro atoms. The van der Waals surface area contributed by atoms with Gasteiger partial charge >= 0.3 is 0 Å². The van der Waals surface area contributed by atoms with E-state index < -0.39 is 18.2 Å². The van der Waals surface area contributed by atoms with E-state index in [4.69, 9.17) is 9.47 Å². The van der Waals surface area contributed by atoms with Crippen LogP contribution in [0.3, 0.4) is 0 Å². The molecule has 3 N–H and O–H groups in total. The number of fused-ring (bicyclic) bond motifs is 5. The SMILES string of the molecule is CC(C)c1ccc2c(c1)OCC[C@@H]1CC[C@H](O)[C@@H](CNC(=O)[C@@H]3C[C@@H](CN3Cc3ccccn3)NC2=O)O1. The van der Waals surface area contributed by atoms with Gasteiger partial charge in [-0.3, -0.25) is 19.5 Å². The second-order valence-electron chi connectivity index (χ2n) is 10.9. The van der Waals surface area contributed by atoms with E-state index in [1.54, 1.807) is 6.20 Å². The molecule has 4 heterocycles. The number of aliphatic hydroxyl groups excluding tert-OH is 1. The van der Waals surface area contributed by atoms with Gasteiger partial charge < -0.3 is 25.2 Å². The summed E-state index contributed by atoms with van der Waals surface area (Å²) < 4.78 is 12.3. The molecule has 9 nitrogen and oxygen atoms in total. The zero-order chi connectivity index (χ0) is 26.6. The Kier molecular flexibility index (Phi) is 8.26. The Morgan fingerprint density at radius 1 is 1.16 bits per heavy atom. The molecule has 0 unspecified atom stereocenters. The molecule has 2 fully saturated rings. The highest BCUT2D eigenvalue weighted by Gasteiger charge is 2.39. The number of likely N-dealkylation sites (tertiary alicyclic amines) is 1. The number of carbonyl (C=O) groups is 2. The standard InChI is InChI=1S/C29H38N4O5/c1-18(2)19-6-8-23-26(13-19)37-12-10-22-7-9-25(34)27(38-22)15-31-29(36)24-14-21(32-28(23)35)17-33(24)16-20-5-3-4-11-30-20/h3-6,8,11,13,18,21-22,24-25,27,34H,7,9-10,12,14-17H2,1-2H3,(H,31,36)(H,32,35)/t21-,22-,24-,25-,27+/m0/s1. The summed E-state index contributed by atoms with van der Waals surface area (Å²) in [6, 6.07) is 10.8. The van der Waals surface area contributed by atoms with Gasteiger partial charge in [0.25, 0.3) is 5.91 Å². The van der Waals surface area contributed by atoms with E-state index in [-0.39, 0.29) is 30.5 Å².